The summed E-state index contributed by atoms with van der Waals surface area (Å²) in [6.07, 6.45) is 2.16. The number of aromatic nitrogens is 1. The molecule has 1 atom stereocenters. The molecule has 2 N–H and O–H groups in total. The molecular formula is C15H20N4OS2. The van der Waals surface area contributed by atoms with Crippen molar-refractivity contribution in [3.63, 3.8) is 0 Å². The van der Waals surface area contributed by atoms with Crippen LogP contribution in [-0.4, -0.2) is 42.0 Å². The predicted molar refractivity (Wildman–Crippen MR) is 91.7 cm³/mol. The third-order valence-corrected chi connectivity index (χ3v) is 5.47. The maximum Gasteiger partial charge on any atom is 0.271 e. The van der Waals surface area contributed by atoms with Crippen molar-refractivity contribution in [1.82, 2.24) is 15.2 Å². The molecule has 0 spiro atoms. The summed E-state index contributed by atoms with van der Waals surface area (Å²) in [5.41, 5.74) is 0.504. The smallest absolute Gasteiger partial charge is 0.271 e. The van der Waals surface area contributed by atoms with Crippen molar-refractivity contribution in [3.8, 4) is 0 Å². The fourth-order valence-corrected chi connectivity index (χ4v) is 4.09. The third-order valence-electron chi connectivity index (χ3n) is 3.75. The van der Waals surface area contributed by atoms with Gasteiger partial charge in [-0.2, -0.15) is 0 Å². The molecule has 22 heavy (non-hydrogen) atoms. The van der Waals surface area contributed by atoms with E-state index in [0.717, 1.165) is 37.6 Å². The van der Waals surface area contributed by atoms with Crippen LogP contribution in [0.25, 0.3) is 0 Å². The van der Waals surface area contributed by atoms with Gasteiger partial charge in [-0.05, 0) is 30.8 Å². The number of likely N-dealkylation sites (tertiary alicyclic amines) is 1. The Morgan fingerprint density at radius 1 is 1.50 bits per heavy atom. The van der Waals surface area contributed by atoms with E-state index in [1.165, 1.54) is 16.2 Å². The topological polar surface area (TPSA) is 57.3 Å². The summed E-state index contributed by atoms with van der Waals surface area (Å²) in [7, 11) is 1.81. The number of anilines is 1. The number of hydrogen-bond acceptors (Lipinski definition) is 6. The van der Waals surface area contributed by atoms with Crippen LogP contribution in [0.4, 0.5) is 5.13 Å². The summed E-state index contributed by atoms with van der Waals surface area (Å²) in [6.45, 7) is 2.99. The molecule has 0 radical (unpaired) electrons. The highest BCUT2D eigenvalue weighted by Crippen LogP contribution is 2.18. The lowest BCUT2D eigenvalue weighted by molar-refractivity contribution is 0.0897. The van der Waals surface area contributed by atoms with E-state index in [9.17, 15) is 4.79 Å². The van der Waals surface area contributed by atoms with Crippen LogP contribution >= 0.6 is 22.7 Å². The van der Waals surface area contributed by atoms with E-state index < -0.39 is 0 Å². The lowest BCUT2D eigenvalue weighted by Gasteiger charge is -2.32. The van der Waals surface area contributed by atoms with Crippen molar-refractivity contribution < 1.29 is 4.79 Å². The van der Waals surface area contributed by atoms with Crippen LogP contribution in [0.3, 0.4) is 0 Å². The van der Waals surface area contributed by atoms with E-state index in [1.807, 2.05) is 7.05 Å². The number of amides is 1. The first-order chi connectivity index (χ1) is 10.7. The summed E-state index contributed by atoms with van der Waals surface area (Å²) in [5, 5.41) is 10.8. The summed E-state index contributed by atoms with van der Waals surface area (Å²) >= 11 is 3.24. The molecule has 118 valence electrons. The normalized spacial score (nSPS) is 19.0. The zero-order valence-corrected chi connectivity index (χ0v) is 14.2. The second-order valence-electron chi connectivity index (χ2n) is 5.41. The summed E-state index contributed by atoms with van der Waals surface area (Å²) in [4.78, 5) is 20.3. The Labute approximate surface area is 138 Å². The van der Waals surface area contributed by atoms with Crippen LogP contribution in [0.15, 0.2) is 22.9 Å². The minimum Gasteiger partial charge on any atom is -0.365 e. The van der Waals surface area contributed by atoms with Crippen LogP contribution < -0.4 is 10.6 Å². The molecule has 0 saturated carbocycles. The fraction of sp³-hybridized carbons (Fsp3) is 0.467. The highest BCUT2D eigenvalue weighted by Gasteiger charge is 2.23. The first kappa shape index (κ1) is 15.5. The van der Waals surface area contributed by atoms with Gasteiger partial charge in [0.2, 0.25) is 0 Å². The van der Waals surface area contributed by atoms with Crippen LogP contribution in [0.1, 0.15) is 28.2 Å². The molecule has 3 rings (SSSR count). The number of thiazole rings is 1. The van der Waals surface area contributed by atoms with Gasteiger partial charge < -0.3 is 10.6 Å². The molecule has 1 aliphatic heterocycles. The molecule has 1 saturated heterocycles. The largest absolute Gasteiger partial charge is 0.365 e. The second-order valence-corrected chi connectivity index (χ2v) is 7.31. The van der Waals surface area contributed by atoms with Gasteiger partial charge in [-0.1, -0.05) is 6.07 Å². The first-order valence-corrected chi connectivity index (χ1v) is 9.19. The van der Waals surface area contributed by atoms with Crippen molar-refractivity contribution in [1.29, 1.82) is 0 Å². The summed E-state index contributed by atoms with van der Waals surface area (Å²) in [5.74, 6) is -0.0688. The van der Waals surface area contributed by atoms with Gasteiger partial charge in [-0.15, -0.1) is 22.7 Å². The first-order valence-electron chi connectivity index (χ1n) is 7.43. The number of piperidine rings is 1. The fourth-order valence-electron chi connectivity index (χ4n) is 2.69. The lowest BCUT2D eigenvalue weighted by Crippen LogP contribution is -2.47. The van der Waals surface area contributed by atoms with E-state index in [0.29, 0.717) is 5.69 Å². The van der Waals surface area contributed by atoms with Crippen molar-refractivity contribution in [2.75, 3.05) is 25.5 Å². The molecule has 1 amide bonds. The van der Waals surface area contributed by atoms with Crippen LogP contribution in [-0.2, 0) is 6.54 Å². The Bertz CT molecular complexity index is 611. The van der Waals surface area contributed by atoms with E-state index >= 15 is 0 Å². The molecule has 7 heteroatoms. The minimum absolute atomic E-state index is 0.0688. The molecular weight excluding hydrogens is 316 g/mol. The van der Waals surface area contributed by atoms with Gasteiger partial charge in [0, 0.05) is 36.4 Å². The molecule has 2 aromatic heterocycles. The number of hydrogen-bond donors (Lipinski definition) is 2. The molecule has 1 aliphatic rings. The molecule has 5 nitrogen and oxygen atoms in total. The van der Waals surface area contributed by atoms with Crippen molar-refractivity contribution in [2.45, 2.75) is 25.4 Å². The van der Waals surface area contributed by atoms with Crippen molar-refractivity contribution >= 4 is 33.7 Å². The quantitative estimate of drug-likeness (QED) is 0.881. The number of nitrogens with one attached hydrogen (secondary N) is 2. The Morgan fingerprint density at radius 3 is 3.14 bits per heavy atom. The van der Waals surface area contributed by atoms with Crippen LogP contribution in [0.2, 0.25) is 0 Å². The van der Waals surface area contributed by atoms with Crippen LogP contribution in [0, 0.1) is 0 Å². The molecule has 0 unspecified atom stereocenters. The zero-order valence-electron chi connectivity index (χ0n) is 12.5. The molecule has 3 heterocycles. The van der Waals surface area contributed by atoms with Gasteiger partial charge in [-0.3, -0.25) is 9.69 Å². The van der Waals surface area contributed by atoms with Gasteiger partial charge in [0.25, 0.3) is 5.91 Å². The number of nitrogens with zero attached hydrogens (tertiary/aromatic N) is 2. The van der Waals surface area contributed by atoms with Gasteiger partial charge in [0.1, 0.15) is 5.69 Å². The van der Waals surface area contributed by atoms with Crippen molar-refractivity contribution in [2.24, 2.45) is 0 Å². The second kappa shape index (κ2) is 7.21. The maximum absolute atomic E-state index is 12.3. The summed E-state index contributed by atoms with van der Waals surface area (Å²) in [6, 6.07) is 4.47. The summed E-state index contributed by atoms with van der Waals surface area (Å²) < 4.78 is 0. The monoisotopic (exact) mass is 336 g/mol. The molecule has 0 bridgehead atoms. The van der Waals surface area contributed by atoms with Gasteiger partial charge in [0.15, 0.2) is 5.13 Å². The Balaban J connectivity index is 1.54. The third kappa shape index (κ3) is 3.85. The van der Waals surface area contributed by atoms with Crippen LogP contribution in [0.5, 0.6) is 0 Å². The lowest BCUT2D eigenvalue weighted by atomic mass is 10.1. The number of carbonyl (C=O) groups excluding carboxylic acids is 1. The maximum atomic E-state index is 12.3. The van der Waals surface area contributed by atoms with Gasteiger partial charge in [-0.25, -0.2) is 4.98 Å². The van der Waals surface area contributed by atoms with Crippen molar-refractivity contribution in [3.05, 3.63) is 33.5 Å². The SMILES string of the molecule is CNc1nc(C(=O)N[C@@H]2CCCN(Cc3cccs3)C2)cs1. The molecule has 2 aromatic rings. The van der Waals surface area contributed by atoms with E-state index in [1.54, 1.807) is 16.7 Å². The van der Waals surface area contributed by atoms with Gasteiger partial charge >= 0.3 is 0 Å². The van der Waals surface area contributed by atoms with E-state index in [2.05, 4.69) is 38.0 Å². The Morgan fingerprint density at radius 2 is 2.41 bits per heavy atom. The Kier molecular flexibility index (Phi) is 5.07. The Hall–Kier alpha value is -1.44. The molecule has 0 aliphatic carbocycles. The molecule has 0 aromatic carbocycles. The molecule has 1 fully saturated rings. The van der Waals surface area contributed by atoms with Gasteiger partial charge in [0.05, 0.1) is 0 Å². The average molecular weight is 336 g/mol. The number of thiophene rings is 1. The highest BCUT2D eigenvalue weighted by atomic mass is 32.1. The minimum atomic E-state index is -0.0688. The highest BCUT2D eigenvalue weighted by molar-refractivity contribution is 7.13. The number of rotatable bonds is 5. The standard InChI is InChI=1S/C15H20N4OS2/c1-16-15-18-13(10-22-15)14(20)17-11-4-2-6-19(8-11)9-12-5-3-7-21-12/h3,5,7,10-11H,2,4,6,8-9H2,1H3,(H,16,18)(H,17,20)/t11-/m1/s1. The average Bonchev–Trinajstić information content (AvgIpc) is 3.18. The zero-order chi connectivity index (χ0) is 15.4. The predicted octanol–water partition coefficient (Wildman–Crippen LogP) is 2.64. The van der Waals surface area contributed by atoms with E-state index in [4.69, 9.17) is 0 Å². The van der Waals surface area contributed by atoms with E-state index in [-0.39, 0.29) is 11.9 Å². The number of carbonyl (C=O) groups is 1.